The van der Waals surface area contributed by atoms with Crippen LogP contribution < -0.4 is 10.1 Å². The van der Waals surface area contributed by atoms with Crippen LogP contribution in [-0.2, 0) is 22.9 Å². The van der Waals surface area contributed by atoms with Crippen LogP contribution in [0.3, 0.4) is 0 Å². The molecule has 0 saturated heterocycles. The molecule has 2 aromatic carbocycles. The summed E-state index contributed by atoms with van der Waals surface area (Å²) >= 11 is 0. The molecule has 2 aliphatic rings. The highest BCUT2D eigenvalue weighted by Crippen LogP contribution is 2.56. The quantitative estimate of drug-likeness (QED) is 0.446. The van der Waals surface area contributed by atoms with Crippen molar-refractivity contribution in [2.24, 2.45) is 5.92 Å². The molecule has 1 aromatic heterocycles. The molecule has 2 atom stereocenters. The van der Waals surface area contributed by atoms with Crippen LogP contribution in [0.2, 0.25) is 0 Å². The van der Waals surface area contributed by atoms with E-state index in [1.54, 1.807) is 0 Å². The number of nitrogens with one attached hydrogen (secondary N) is 1. The van der Waals surface area contributed by atoms with Gasteiger partial charge in [0.25, 0.3) is 0 Å². The molecule has 0 bridgehead atoms. The summed E-state index contributed by atoms with van der Waals surface area (Å²) in [6.45, 7) is 3.11. The van der Waals surface area contributed by atoms with Crippen LogP contribution in [0.15, 0.2) is 54.6 Å². The lowest BCUT2D eigenvalue weighted by molar-refractivity contribution is 0.306. The van der Waals surface area contributed by atoms with Gasteiger partial charge in [-0.2, -0.15) is 0 Å². The van der Waals surface area contributed by atoms with Crippen LogP contribution in [0, 0.1) is 12.8 Å². The number of sulfone groups is 1. The molecule has 0 spiro atoms. The minimum Gasteiger partial charge on any atom is -0.489 e. The molecule has 2 aliphatic carbocycles. The van der Waals surface area contributed by atoms with Gasteiger partial charge in [0, 0.05) is 24.1 Å². The number of rotatable bonds is 9. The Labute approximate surface area is 196 Å². The van der Waals surface area contributed by atoms with Gasteiger partial charge in [-0.15, -0.1) is 0 Å². The second-order valence-corrected chi connectivity index (χ2v) is 11.7. The Bertz CT molecular complexity index is 1290. The molecule has 1 saturated carbocycles. The normalized spacial score (nSPS) is 18.5. The SMILES string of the molecule is Cc1nc(NCCCS(C)(=O)=O)ccc1-c1cccc(COc2ccc3c(c2)CC2CC32)c1. The van der Waals surface area contributed by atoms with Crippen LogP contribution in [0.1, 0.15) is 41.1 Å². The van der Waals surface area contributed by atoms with Gasteiger partial charge in [-0.25, -0.2) is 13.4 Å². The monoisotopic (exact) mass is 462 g/mol. The van der Waals surface area contributed by atoms with E-state index in [-0.39, 0.29) is 5.75 Å². The molecule has 0 radical (unpaired) electrons. The van der Waals surface area contributed by atoms with Crippen LogP contribution in [0.25, 0.3) is 11.1 Å². The Morgan fingerprint density at radius 1 is 1.12 bits per heavy atom. The average Bonchev–Trinajstić information content (AvgIpc) is 3.45. The molecule has 3 aromatic rings. The number of aryl methyl sites for hydroxylation is 1. The summed E-state index contributed by atoms with van der Waals surface area (Å²) in [5, 5.41) is 3.21. The summed E-state index contributed by atoms with van der Waals surface area (Å²) in [4.78, 5) is 4.66. The highest BCUT2D eigenvalue weighted by Gasteiger charge is 2.44. The van der Waals surface area contributed by atoms with Gasteiger partial charge in [0.15, 0.2) is 0 Å². The van der Waals surface area contributed by atoms with E-state index in [9.17, 15) is 8.42 Å². The lowest BCUT2D eigenvalue weighted by Crippen LogP contribution is -2.10. The highest BCUT2D eigenvalue weighted by molar-refractivity contribution is 7.90. The molecular weight excluding hydrogens is 432 g/mol. The third-order valence-electron chi connectivity index (χ3n) is 6.65. The van der Waals surface area contributed by atoms with Gasteiger partial charge in [0.1, 0.15) is 28.0 Å². The molecule has 1 fully saturated rings. The number of hydrogen-bond acceptors (Lipinski definition) is 5. The second-order valence-electron chi connectivity index (χ2n) is 9.40. The number of benzene rings is 2. The van der Waals surface area contributed by atoms with E-state index in [4.69, 9.17) is 4.74 Å². The fourth-order valence-electron chi connectivity index (χ4n) is 4.86. The van der Waals surface area contributed by atoms with Gasteiger partial charge < -0.3 is 10.1 Å². The predicted molar refractivity (Wildman–Crippen MR) is 133 cm³/mol. The zero-order valence-corrected chi connectivity index (χ0v) is 20.0. The molecule has 5 rings (SSSR count). The summed E-state index contributed by atoms with van der Waals surface area (Å²) in [7, 11) is -2.93. The molecule has 6 heteroatoms. The first-order valence-corrected chi connectivity index (χ1v) is 13.7. The van der Waals surface area contributed by atoms with Crippen LogP contribution in [0.4, 0.5) is 5.82 Å². The predicted octanol–water partition coefficient (Wildman–Crippen LogP) is 5.14. The Balaban J connectivity index is 1.21. The molecule has 33 heavy (non-hydrogen) atoms. The molecule has 1 N–H and O–H groups in total. The van der Waals surface area contributed by atoms with Crippen molar-refractivity contribution in [1.29, 1.82) is 0 Å². The van der Waals surface area contributed by atoms with Gasteiger partial charge >= 0.3 is 0 Å². The number of nitrogens with zero attached hydrogens (tertiary/aromatic N) is 1. The number of fused-ring (bicyclic) bond motifs is 3. The first-order chi connectivity index (χ1) is 15.9. The van der Waals surface area contributed by atoms with Crippen molar-refractivity contribution in [1.82, 2.24) is 4.98 Å². The Hall–Kier alpha value is -2.86. The fourth-order valence-corrected chi connectivity index (χ4v) is 5.53. The Morgan fingerprint density at radius 2 is 2.00 bits per heavy atom. The van der Waals surface area contributed by atoms with Gasteiger partial charge in [-0.05, 0) is 90.6 Å². The van der Waals surface area contributed by atoms with Gasteiger partial charge in [0.2, 0.25) is 0 Å². The smallest absolute Gasteiger partial charge is 0.147 e. The minimum atomic E-state index is -2.93. The number of pyridine rings is 1. The maximum Gasteiger partial charge on any atom is 0.147 e. The fraction of sp³-hybridized carbons (Fsp3) is 0.370. The number of aromatic nitrogens is 1. The third-order valence-corrected chi connectivity index (χ3v) is 7.68. The number of ether oxygens (including phenoxy) is 1. The van der Waals surface area contributed by atoms with E-state index in [0.717, 1.165) is 45.8 Å². The molecular formula is C27H30N2O3S. The van der Waals surface area contributed by atoms with Crippen LogP contribution >= 0.6 is 0 Å². The molecule has 2 unspecified atom stereocenters. The van der Waals surface area contributed by atoms with Crippen molar-refractivity contribution >= 4 is 15.7 Å². The zero-order valence-electron chi connectivity index (χ0n) is 19.2. The van der Waals surface area contributed by atoms with Crippen molar-refractivity contribution in [3.05, 3.63) is 77.0 Å². The van der Waals surface area contributed by atoms with Crippen molar-refractivity contribution in [2.45, 2.75) is 38.7 Å². The van der Waals surface area contributed by atoms with Crippen molar-refractivity contribution < 1.29 is 13.2 Å². The molecule has 5 nitrogen and oxygen atoms in total. The first-order valence-electron chi connectivity index (χ1n) is 11.6. The summed E-state index contributed by atoms with van der Waals surface area (Å²) in [5.41, 5.74) is 7.24. The number of hydrogen-bond donors (Lipinski definition) is 1. The van der Waals surface area contributed by atoms with E-state index in [1.807, 2.05) is 13.0 Å². The van der Waals surface area contributed by atoms with E-state index in [2.05, 4.69) is 58.8 Å². The molecule has 0 amide bonds. The zero-order chi connectivity index (χ0) is 23.0. The van der Waals surface area contributed by atoms with E-state index in [1.165, 1.54) is 30.2 Å². The summed E-state index contributed by atoms with van der Waals surface area (Å²) in [5.74, 6) is 3.59. The molecule has 172 valence electrons. The van der Waals surface area contributed by atoms with Crippen molar-refractivity contribution in [3.8, 4) is 16.9 Å². The van der Waals surface area contributed by atoms with Crippen molar-refractivity contribution in [2.75, 3.05) is 23.9 Å². The van der Waals surface area contributed by atoms with Crippen LogP contribution in [-0.4, -0.2) is 32.0 Å². The summed E-state index contributed by atoms with van der Waals surface area (Å²) in [6.07, 6.45) is 4.40. The van der Waals surface area contributed by atoms with Crippen LogP contribution in [0.5, 0.6) is 5.75 Å². The van der Waals surface area contributed by atoms with E-state index < -0.39 is 9.84 Å². The summed E-state index contributed by atoms with van der Waals surface area (Å²) < 4.78 is 28.6. The van der Waals surface area contributed by atoms with Gasteiger partial charge in [-0.3, -0.25) is 0 Å². The lowest BCUT2D eigenvalue weighted by Gasteiger charge is -2.12. The Kier molecular flexibility index (Phi) is 5.87. The minimum absolute atomic E-state index is 0.179. The molecule has 1 heterocycles. The van der Waals surface area contributed by atoms with Gasteiger partial charge in [-0.1, -0.05) is 24.3 Å². The van der Waals surface area contributed by atoms with Gasteiger partial charge in [0.05, 0.1) is 5.75 Å². The standard InChI is InChI=1S/C27H30N2O3S/c1-18-24(9-10-27(29-18)28-11-4-12-33(2,30)31)20-6-3-5-19(13-20)17-32-23-7-8-25-21(15-23)14-22-16-26(22)25/h3,5-10,13,15,22,26H,4,11-12,14,16-17H2,1-2H3,(H,28,29). The third kappa shape index (κ3) is 5.22. The van der Waals surface area contributed by atoms with Crippen molar-refractivity contribution in [3.63, 3.8) is 0 Å². The number of anilines is 1. The maximum absolute atomic E-state index is 11.3. The highest BCUT2D eigenvalue weighted by atomic mass is 32.2. The van der Waals surface area contributed by atoms with E-state index in [0.29, 0.717) is 19.6 Å². The topological polar surface area (TPSA) is 68.3 Å². The second kappa shape index (κ2) is 8.82. The molecule has 0 aliphatic heterocycles. The first kappa shape index (κ1) is 22.0. The maximum atomic E-state index is 11.3. The largest absolute Gasteiger partial charge is 0.489 e. The average molecular weight is 463 g/mol. The van der Waals surface area contributed by atoms with E-state index >= 15 is 0 Å². The summed E-state index contributed by atoms with van der Waals surface area (Å²) in [6, 6.07) is 19.0. The Morgan fingerprint density at radius 3 is 2.82 bits per heavy atom. The lowest BCUT2D eigenvalue weighted by atomic mass is 10.0.